The summed E-state index contributed by atoms with van der Waals surface area (Å²) in [5.41, 5.74) is 5.97. The molecule has 0 aliphatic carbocycles. The van der Waals surface area contributed by atoms with Crippen LogP contribution in [0.3, 0.4) is 0 Å². The number of benzene rings is 2. The Kier molecular flexibility index (Phi) is 11.1. The van der Waals surface area contributed by atoms with Crippen molar-refractivity contribution in [3.63, 3.8) is 0 Å². The van der Waals surface area contributed by atoms with Crippen LogP contribution >= 0.6 is 11.6 Å². The van der Waals surface area contributed by atoms with Crippen molar-refractivity contribution < 1.29 is 37.1 Å². The van der Waals surface area contributed by atoms with Gasteiger partial charge in [-0.2, -0.15) is 13.2 Å². The first-order valence-electron chi connectivity index (χ1n) is 16.3. The summed E-state index contributed by atoms with van der Waals surface area (Å²) in [6, 6.07) is 9.65. The molecule has 2 aromatic carbocycles. The number of hydrogen-bond acceptors (Lipinski definition) is 6. The molecule has 14 heteroatoms. The van der Waals surface area contributed by atoms with Crippen molar-refractivity contribution >= 4 is 46.8 Å². The Morgan fingerprint density at radius 3 is 2.35 bits per heavy atom. The quantitative estimate of drug-likeness (QED) is 0.283. The molecule has 4 amide bonds. The van der Waals surface area contributed by atoms with Gasteiger partial charge in [0, 0.05) is 57.3 Å². The number of nitrogen functional groups attached to an aromatic ring is 1. The highest BCUT2D eigenvalue weighted by molar-refractivity contribution is 6.33. The number of piperidine rings is 2. The molecule has 3 aliphatic heterocycles. The first-order valence-corrected chi connectivity index (χ1v) is 16.7. The number of anilines is 2. The summed E-state index contributed by atoms with van der Waals surface area (Å²) < 4.78 is 46.0. The minimum absolute atomic E-state index is 0.0496. The van der Waals surface area contributed by atoms with Crippen LogP contribution in [0.25, 0.3) is 0 Å². The second-order valence-electron chi connectivity index (χ2n) is 12.8. The molecule has 2 aromatic rings. The molecule has 2 saturated heterocycles. The van der Waals surface area contributed by atoms with Gasteiger partial charge in [-0.25, -0.2) is 4.79 Å². The lowest BCUT2D eigenvalue weighted by Gasteiger charge is -2.38. The number of nitrogens with one attached hydrogen (secondary N) is 1. The second-order valence-corrected chi connectivity index (χ2v) is 13.2. The smallest absolute Gasteiger partial charge is 0.418 e. The van der Waals surface area contributed by atoms with Crippen molar-refractivity contribution in [2.45, 2.75) is 63.6 Å². The molecule has 10 nitrogen and oxygen atoms in total. The van der Waals surface area contributed by atoms with E-state index in [4.69, 9.17) is 22.1 Å². The molecule has 0 saturated carbocycles. The maximum Gasteiger partial charge on any atom is 0.418 e. The Morgan fingerprint density at radius 1 is 1.02 bits per heavy atom. The van der Waals surface area contributed by atoms with Gasteiger partial charge in [0.1, 0.15) is 0 Å². The fourth-order valence-electron chi connectivity index (χ4n) is 7.00. The zero-order valence-electron chi connectivity index (χ0n) is 26.9. The molecular weight excluding hydrogens is 651 g/mol. The Bertz CT molecular complexity index is 1520. The molecule has 3 heterocycles. The normalized spacial score (nSPS) is 18.5. The van der Waals surface area contributed by atoms with E-state index in [1.807, 2.05) is 29.2 Å². The third kappa shape index (κ3) is 8.34. The number of amides is 4. The van der Waals surface area contributed by atoms with Crippen LogP contribution in [-0.2, 0) is 38.1 Å². The molecule has 48 heavy (non-hydrogen) atoms. The van der Waals surface area contributed by atoms with Crippen molar-refractivity contribution in [3.05, 3.63) is 58.1 Å². The largest absolute Gasteiger partial charge is 0.469 e. The number of nitrogens with zero attached hydrogens (tertiary/aromatic N) is 3. The first kappa shape index (κ1) is 35.3. The van der Waals surface area contributed by atoms with Crippen molar-refractivity contribution in [3.8, 4) is 0 Å². The van der Waals surface area contributed by atoms with Gasteiger partial charge in [-0.05, 0) is 73.8 Å². The molecule has 0 aromatic heterocycles. The number of para-hydroxylation sites is 1. The van der Waals surface area contributed by atoms with E-state index in [2.05, 4.69) is 5.32 Å². The zero-order chi connectivity index (χ0) is 34.6. The number of fused-ring (bicyclic) bond motifs is 1. The minimum atomic E-state index is -4.75. The number of rotatable bonds is 8. The highest BCUT2D eigenvalue weighted by atomic mass is 35.5. The van der Waals surface area contributed by atoms with Gasteiger partial charge in [0.05, 0.1) is 29.3 Å². The molecule has 0 radical (unpaired) electrons. The molecule has 5 rings (SSSR count). The highest BCUT2D eigenvalue weighted by Gasteiger charge is 2.37. The van der Waals surface area contributed by atoms with Crippen molar-refractivity contribution in [1.82, 2.24) is 14.7 Å². The SMILES string of the molecule is COC(=O)CC1CCN(C(=O)[C@H](CC(=O)N2CCC(N3CCc4ccccc4NC3=O)CC2)Cc2cc(Cl)c(N)c(C(F)(F)F)c2)CC1. The van der Waals surface area contributed by atoms with Crippen molar-refractivity contribution in [1.29, 1.82) is 0 Å². The van der Waals surface area contributed by atoms with Crippen LogP contribution in [-0.4, -0.2) is 84.4 Å². The van der Waals surface area contributed by atoms with Crippen LogP contribution in [0.15, 0.2) is 36.4 Å². The number of nitrogens with two attached hydrogens (primary N) is 1. The number of likely N-dealkylation sites (tertiary alicyclic amines) is 2. The van der Waals surface area contributed by atoms with E-state index in [1.54, 1.807) is 9.80 Å². The maximum atomic E-state index is 13.9. The Hall–Kier alpha value is -4.00. The van der Waals surface area contributed by atoms with Crippen LogP contribution in [0.5, 0.6) is 0 Å². The Balaban J connectivity index is 1.26. The average Bonchev–Trinajstić information content (AvgIpc) is 3.23. The standard InChI is InChI=1S/C34H41ClF3N5O5/c1-48-30(45)19-21-6-11-42(12-7-21)32(46)24(16-22-17-26(34(36,37)38)31(39)27(35)18-22)20-29(44)41-13-9-25(10-14-41)43-15-8-23-4-2-3-5-28(23)40-33(43)47/h2-5,17-18,21,24-25H,6-16,19-20,39H2,1H3,(H,40,47)/t24-/m0/s1. The van der Waals surface area contributed by atoms with Gasteiger partial charge in [0.2, 0.25) is 11.8 Å². The van der Waals surface area contributed by atoms with E-state index in [1.165, 1.54) is 13.2 Å². The third-order valence-corrected chi connectivity index (χ3v) is 10.1. The predicted octanol–water partition coefficient (Wildman–Crippen LogP) is 5.37. The lowest BCUT2D eigenvalue weighted by molar-refractivity contribution is -0.144. The number of alkyl halides is 3. The number of hydrogen-bond donors (Lipinski definition) is 2. The van der Waals surface area contributed by atoms with Gasteiger partial charge in [0.15, 0.2) is 0 Å². The molecule has 0 bridgehead atoms. The van der Waals surface area contributed by atoms with E-state index < -0.39 is 23.3 Å². The summed E-state index contributed by atoms with van der Waals surface area (Å²) in [6.45, 7) is 2.03. The molecule has 0 spiro atoms. The Labute approximate surface area is 282 Å². The molecular formula is C34H41ClF3N5O5. The monoisotopic (exact) mass is 691 g/mol. The van der Waals surface area contributed by atoms with E-state index in [0.717, 1.165) is 17.3 Å². The topological polar surface area (TPSA) is 125 Å². The number of methoxy groups -OCH3 is 1. The molecule has 3 aliphatic rings. The molecule has 2 fully saturated rings. The van der Waals surface area contributed by atoms with Crippen LogP contribution < -0.4 is 11.1 Å². The fourth-order valence-corrected chi connectivity index (χ4v) is 7.24. The van der Waals surface area contributed by atoms with E-state index >= 15 is 0 Å². The van der Waals surface area contributed by atoms with E-state index in [-0.39, 0.29) is 65.6 Å². The summed E-state index contributed by atoms with van der Waals surface area (Å²) in [5.74, 6) is -1.83. The van der Waals surface area contributed by atoms with Crippen LogP contribution in [0.1, 0.15) is 55.2 Å². The lowest BCUT2D eigenvalue weighted by Crippen LogP contribution is -2.50. The summed E-state index contributed by atoms with van der Waals surface area (Å²) in [6.07, 6.45) is -1.89. The fraction of sp³-hybridized carbons (Fsp3) is 0.529. The van der Waals surface area contributed by atoms with Crippen LogP contribution in [0.2, 0.25) is 5.02 Å². The molecule has 260 valence electrons. The maximum absolute atomic E-state index is 13.9. The number of carbonyl (C=O) groups is 4. The van der Waals surface area contributed by atoms with E-state index in [9.17, 15) is 32.3 Å². The van der Waals surface area contributed by atoms with Gasteiger partial charge in [-0.3, -0.25) is 14.4 Å². The molecule has 3 N–H and O–H groups in total. The minimum Gasteiger partial charge on any atom is -0.469 e. The van der Waals surface area contributed by atoms with Crippen LogP contribution in [0.4, 0.5) is 29.3 Å². The van der Waals surface area contributed by atoms with Crippen LogP contribution in [0, 0.1) is 11.8 Å². The number of ether oxygens (including phenoxy) is 1. The van der Waals surface area contributed by atoms with E-state index in [0.29, 0.717) is 64.8 Å². The van der Waals surface area contributed by atoms with Gasteiger partial charge >= 0.3 is 18.2 Å². The Morgan fingerprint density at radius 2 is 1.69 bits per heavy atom. The van der Waals surface area contributed by atoms with Crippen molar-refractivity contribution in [2.24, 2.45) is 11.8 Å². The highest BCUT2D eigenvalue weighted by Crippen LogP contribution is 2.38. The number of halogens is 4. The summed E-state index contributed by atoms with van der Waals surface area (Å²) in [7, 11) is 1.32. The molecule has 1 atom stereocenters. The van der Waals surface area contributed by atoms with Gasteiger partial charge in [0.25, 0.3) is 0 Å². The predicted molar refractivity (Wildman–Crippen MR) is 174 cm³/mol. The lowest BCUT2D eigenvalue weighted by atomic mass is 9.89. The zero-order valence-corrected chi connectivity index (χ0v) is 27.6. The number of esters is 1. The first-order chi connectivity index (χ1) is 22.8. The van der Waals surface area contributed by atoms with Gasteiger partial charge < -0.3 is 30.5 Å². The third-order valence-electron chi connectivity index (χ3n) is 9.76. The number of carbonyl (C=O) groups excluding carboxylic acids is 4. The average molecular weight is 692 g/mol. The van der Waals surface area contributed by atoms with Crippen molar-refractivity contribution in [2.75, 3.05) is 50.9 Å². The summed E-state index contributed by atoms with van der Waals surface area (Å²) >= 11 is 6.09. The number of urea groups is 1. The molecule has 0 unspecified atom stereocenters. The second kappa shape index (κ2) is 15.0. The summed E-state index contributed by atoms with van der Waals surface area (Å²) in [4.78, 5) is 57.5. The van der Waals surface area contributed by atoms with Gasteiger partial charge in [-0.1, -0.05) is 29.8 Å². The van der Waals surface area contributed by atoms with Gasteiger partial charge in [-0.15, -0.1) is 0 Å². The summed E-state index contributed by atoms with van der Waals surface area (Å²) in [5, 5.41) is 2.71.